The minimum absolute atomic E-state index is 1.03. The second kappa shape index (κ2) is 6.72. The molecule has 0 amide bonds. The van der Waals surface area contributed by atoms with E-state index in [0.717, 1.165) is 21.2 Å². The largest absolute Gasteiger partial charge is 0.193 e. The van der Waals surface area contributed by atoms with Crippen molar-refractivity contribution in [3.63, 3.8) is 0 Å². The van der Waals surface area contributed by atoms with Crippen molar-refractivity contribution in [3.8, 4) is 6.07 Å². The van der Waals surface area contributed by atoms with Gasteiger partial charge in [-0.1, -0.05) is 64.5 Å². The van der Waals surface area contributed by atoms with E-state index in [2.05, 4.69) is 40.2 Å². The third-order valence-corrected chi connectivity index (χ3v) is 3.15. The fraction of sp³-hybridized carbons (Fsp3) is 0. The summed E-state index contributed by atoms with van der Waals surface area (Å²) >= 11 is 3.42. The molecule has 2 aromatic carbocycles. The number of hydrogen-bond donors (Lipinski definition) is 0. The Balaban J connectivity index is 2.09. The molecule has 0 unspecified atom stereocenters. The zero-order chi connectivity index (χ0) is 13.5. The molecular weight excluding hydrogens is 298 g/mol. The van der Waals surface area contributed by atoms with Crippen LogP contribution < -0.4 is 0 Å². The first kappa shape index (κ1) is 13.3. The highest BCUT2D eigenvalue weighted by molar-refractivity contribution is 9.10. The van der Waals surface area contributed by atoms with Crippen LogP contribution in [0.15, 0.2) is 59.1 Å². The van der Waals surface area contributed by atoms with Gasteiger partial charge in [0.15, 0.2) is 0 Å². The standard InChI is InChI=1S/C17H12BrN/c18-17-11-9-16(10-12-17)8-7-15-5-3-14(4-6-15)2-1-13-19/h1-12H/b2-1+,8-7+. The summed E-state index contributed by atoms with van der Waals surface area (Å²) in [5, 5.41) is 8.46. The van der Waals surface area contributed by atoms with E-state index in [4.69, 9.17) is 5.26 Å². The van der Waals surface area contributed by atoms with Gasteiger partial charge in [-0.15, -0.1) is 0 Å². The zero-order valence-electron chi connectivity index (χ0n) is 10.3. The molecule has 0 atom stereocenters. The van der Waals surface area contributed by atoms with E-state index in [1.807, 2.05) is 42.5 Å². The summed E-state index contributed by atoms with van der Waals surface area (Å²) in [6.45, 7) is 0. The predicted octanol–water partition coefficient (Wildman–Crippen LogP) is 5.16. The van der Waals surface area contributed by atoms with E-state index in [1.165, 1.54) is 6.08 Å². The second-order valence-electron chi connectivity index (χ2n) is 4.01. The molecule has 0 N–H and O–H groups in total. The first-order valence-electron chi connectivity index (χ1n) is 5.88. The minimum Gasteiger partial charge on any atom is -0.193 e. The van der Waals surface area contributed by atoms with E-state index in [9.17, 15) is 0 Å². The number of hydrogen-bond acceptors (Lipinski definition) is 1. The highest BCUT2D eigenvalue weighted by Gasteiger charge is 1.90. The van der Waals surface area contributed by atoms with Crippen LogP contribution in [-0.2, 0) is 0 Å². The van der Waals surface area contributed by atoms with Crippen LogP contribution in [0.2, 0.25) is 0 Å². The van der Waals surface area contributed by atoms with Crippen LogP contribution in [0.25, 0.3) is 18.2 Å². The lowest BCUT2D eigenvalue weighted by Crippen LogP contribution is -1.75. The van der Waals surface area contributed by atoms with Gasteiger partial charge >= 0.3 is 0 Å². The first-order chi connectivity index (χ1) is 9.28. The van der Waals surface area contributed by atoms with Gasteiger partial charge in [0.25, 0.3) is 0 Å². The Morgan fingerprint density at radius 2 is 1.16 bits per heavy atom. The molecule has 2 rings (SSSR count). The van der Waals surface area contributed by atoms with Crippen molar-refractivity contribution in [2.24, 2.45) is 0 Å². The SMILES string of the molecule is N#C/C=C/c1ccc(/C=C/c2ccc(Br)cc2)cc1. The lowest BCUT2D eigenvalue weighted by Gasteiger charge is -1.96. The molecule has 0 heterocycles. The van der Waals surface area contributed by atoms with Gasteiger partial charge in [0.1, 0.15) is 0 Å². The van der Waals surface area contributed by atoms with Gasteiger partial charge in [-0.3, -0.25) is 0 Å². The van der Waals surface area contributed by atoms with Crippen LogP contribution in [0.5, 0.6) is 0 Å². The summed E-state index contributed by atoms with van der Waals surface area (Å²) in [6.07, 6.45) is 7.42. The van der Waals surface area contributed by atoms with Crippen molar-refractivity contribution in [3.05, 3.63) is 75.8 Å². The molecule has 92 valence electrons. The van der Waals surface area contributed by atoms with E-state index in [-0.39, 0.29) is 0 Å². The van der Waals surface area contributed by atoms with E-state index in [0.29, 0.717) is 0 Å². The number of halogens is 1. The smallest absolute Gasteiger partial charge is 0.0912 e. The van der Waals surface area contributed by atoms with Crippen molar-refractivity contribution in [2.45, 2.75) is 0 Å². The van der Waals surface area contributed by atoms with E-state index >= 15 is 0 Å². The third-order valence-electron chi connectivity index (χ3n) is 2.63. The molecule has 0 aliphatic carbocycles. The highest BCUT2D eigenvalue weighted by Crippen LogP contribution is 2.14. The molecule has 19 heavy (non-hydrogen) atoms. The van der Waals surface area contributed by atoms with Crippen LogP contribution in [0.3, 0.4) is 0 Å². The van der Waals surface area contributed by atoms with Crippen LogP contribution in [-0.4, -0.2) is 0 Å². The molecule has 0 aromatic heterocycles. The van der Waals surface area contributed by atoms with E-state index in [1.54, 1.807) is 6.08 Å². The Hall–Kier alpha value is -2.11. The Bertz CT molecular complexity index is 628. The Morgan fingerprint density at radius 3 is 1.63 bits per heavy atom. The van der Waals surface area contributed by atoms with Gasteiger partial charge in [-0.05, 0) is 34.9 Å². The molecule has 0 saturated heterocycles. The minimum atomic E-state index is 1.03. The number of nitrogens with zero attached hydrogens (tertiary/aromatic N) is 1. The maximum absolute atomic E-state index is 8.46. The molecule has 0 aliphatic rings. The van der Waals surface area contributed by atoms with Gasteiger partial charge in [-0.2, -0.15) is 5.26 Å². The van der Waals surface area contributed by atoms with Crippen LogP contribution in [0.1, 0.15) is 16.7 Å². The quantitative estimate of drug-likeness (QED) is 0.567. The number of rotatable bonds is 3. The second-order valence-corrected chi connectivity index (χ2v) is 4.93. The van der Waals surface area contributed by atoms with Crippen molar-refractivity contribution in [1.82, 2.24) is 0 Å². The normalized spacial score (nSPS) is 10.9. The molecule has 2 aromatic rings. The Morgan fingerprint density at radius 1 is 0.737 bits per heavy atom. The van der Waals surface area contributed by atoms with Gasteiger partial charge in [0.05, 0.1) is 6.07 Å². The van der Waals surface area contributed by atoms with Gasteiger partial charge in [-0.25, -0.2) is 0 Å². The van der Waals surface area contributed by atoms with Crippen molar-refractivity contribution in [1.29, 1.82) is 5.26 Å². The molecule has 0 bridgehead atoms. The lowest BCUT2D eigenvalue weighted by atomic mass is 10.1. The molecule has 0 spiro atoms. The summed E-state index contributed by atoms with van der Waals surface area (Å²) in [5.74, 6) is 0. The van der Waals surface area contributed by atoms with Crippen molar-refractivity contribution >= 4 is 34.2 Å². The zero-order valence-corrected chi connectivity index (χ0v) is 11.8. The first-order valence-corrected chi connectivity index (χ1v) is 6.67. The summed E-state index contributed by atoms with van der Waals surface area (Å²) in [5.41, 5.74) is 3.33. The third kappa shape index (κ3) is 4.24. The Kier molecular flexibility index (Phi) is 4.72. The fourth-order valence-electron chi connectivity index (χ4n) is 1.62. The highest BCUT2D eigenvalue weighted by atomic mass is 79.9. The maximum Gasteiger partial charge on any atom is 0.0912 e. The van der Waals surface area contributed by atoms with Gasteiger partial charge in [0.2, 0.25) is 0 Å². The number of benzene rings is 2. The molecule has 0 saturated carbocycles. The summed E-state index contributed by atoms with van der Waals surface area (Å²) in [4.78, 5) is 0. The van der Waals surface area contributed by atoms with Gasteiger partial charge in [0, 0.05) is 10.5 Å². The Labute approximate surface area is 121 Å². The fourth-order valence-corrected chi connectivity index (χ4v) is 1.88. The van der Waals surface area contributed by atoms with Crippen LogP contribution in [0.4, 0.5) is 0 Å². The average Bonchev–Trinajstić information content (AvgIpc) is 2.46. The molecule has 0 aliphatic heterocycles. The molecule has 2 heteroatoms. The van der Waals surface area contributed by atoms with Gasteiger partial charge < -0.3 is 0 Å². The monoisotopic (exact) mass is 309 g/mol. The summed E-state index contributed by atoms with van der Waals surface area (Å²) < 4.78 is 1.08. The summed E-state index contributed by atoms with van der Waals surface area (Å²) in [7, 11) is 0. The lowest BCUT2D eigenvalue weighted by molar-refractivity contribution is 1.53. The van der Waals surface area contributed by atoms with Crippen LogP contribution in [0, 0.1) is 11.3 Å². The van der Waals surface area contributed by atoms with Crippen molar-refractivity contribution in [2.75, 3.05) is 0 Å². The predicted molar refractivity (Wildman–Crippen MR) is 84.2 cm³/mol. The molecule has 0 radical (unpaired) electrons. The molecular formula is C17H12BrN. The van der Waals surface area contributed by atoms with Crippen molar-refractivity contribution < 1.29 is 0 Å². The molecule has 1 nitrogen and oxygen atoms in total. The number of allylic oxidation sites excluding steroid dienone is 1. The summed E-state index contributed by atoms with van der Waals surface area (Å²) in [6, 6.07) is 18.2. The topological polar surface area (TPSA) is 23.8 Å². The molecule has 0 fully saturated rings. The van der Waals surface area contributed by atoms with Crippen LogP contribution >= 0.6 is 15.9 Å². The van der Waals surface area contributed by atoms with E-state index < -0.39 is 0 Å². The average molecular weight is 310 g/mol. The maximum atomic E-state index is 8.46. The number of nitriles is 1.